The predicted octanol–water partition coefficient (Wildman–Crippen LogP) is 2.36. The van der Waals surface area contributed by atoms with Crippen molar-refractivity contribution < 1.29 is 9.90 Å². The first-order valence-electron chi connectivity index (χ1n) is 7.41. The van der Waals surface area contributed by atoms with Gasteiger partial charge in [0.05, 0.1) is 11.6 Å². The van der Waals surface area contributed by atoms with E-state index in [9.17, 15) is 4.79 Å². The fourth-order valence-corrected chi connectivity index (χ4v) is 3.02. The number of aromatic carboxylic acids is 1. The van der Waals surface area contributed by atoms with Crippen molar-refractivity contribution in [2.75, 3.05) is 6.54 Å². The predicted molar refractivity (Wildman–Crippen MR) is 78.4 cm³/mol. The van der Waals surface area contributed by atoms with E-state index in [1.807, 2.05) is 0 Å². The molecule has 1 aliphatic heterocycles. The van der Waals surface area contributed by atoms with Gasteiger partial charge in [-0.2, -0.15) is 0 Å². The summed E-state index contributed by atoms with van der Waals surface area (Å²) in [4.78, 5) is 18.0. The lowest BCUT2D eigenvalue weighted by Crippen LogP contribution is -2.39. The topological polar surface area (TPSA) is 70.7 Å². The number of piperidine rings is 1. The fourth-order valence-electron chi connectivity index (χ4n) is 3.02. The van der Waals surface area contributed by atoms with Crippen molar-refractivity contribution in [2.45, 2.75) is 45.2 Å². The zero-order valence-corrected chi connectivity index (χ0v) is 12.4. The molecule has 0 aliphatic carbocycles. The largest absolute Gasteiger partial charge is 0.478 e. The highest BCUT2D eigenvalue weighted by Crippen LogP contribution is 2.30. The Balaban J connectivity index is 1.97. The molecule has 1 unspecified atom stereocenters. The molecule has 6 nitrogen and oxygen atoms in total. The lowest BCUT2D eigenvalue weighted by Gasteiger charge is -2.36. The molecule has 0 bridgehead atoms. The van der Waals surface area contributed by atoms with Crippen LogP contribution in [0.15, 0.2) is 18.3 Å². The molecule has 3 heterocycles. The van der Waals surface area contributed by atoms with Crippen LogP contribution in [0.4, 0.5) is 0 Å². The standard InChI is InChI=1S/C15H20N4O2/c1-10(2)18-8-4-3-5-12(18)14-16-13-7-6-11(15(20)21)9-19(13)17-14/h6-7,9-10,12H,3-5,8H2,1-2H3,(H,20,21). The smallest absolute Gasteiger partial charge is 0.337 e. The third-order valence-corrected chi connectivity index (χ3v) is 4.10. The number of rotatable bonds is 3. The van der Waals surface area contributed by atoms with Gasteiger partial charge in [0.1, 0.15) is 0 Å². The molecular formula is C15H20N4O2. The van der Waals surface area contributed by atoms with E-state index in [2.05, 4.69) is 28.8 Å². The Morgan fingerprint density at radius 3 is 2.90 bits per heavy atom. The van der Waals surface area contributed by atoms with E-state index < -0.39 is 5.97 Å². The van der Waals surface area contributed by atoms with Crippen molar-refractivity contribution in [1.82, 2.24) is 19.5 Å². The Labute approximate surface area is 123 Å². The summed E-state index contributed by atoms with van der Waals surface area (Å²) >= 11 is 0. The van der Waals surface area contributed by atoms with Crippen LogP contribution in [-0.4, -0.2) is 43.2 Å². The number of carboxylic acid groups (broad SMARTS) is 1. The third kappa shape index (κ3) is 2.63. The summed E-state index contributed by atoms with van der Waals surface area (Å²) < 4.78 is 1.58. The molecule has 3 rings (SSSR count). The van der Waals surface area contributed by atoms with Crippen LogP contribution in [0.2, 0.25) is 0 Å². The normalized spacial score (nSPS) is 20.2. The molecule has 0 radical (unpaired) electrons. The maximum Gasteiger partial charge on any atom is 0.337 e. The molecule has 6 heteroatoms. The zero-order chi connectivity index (χ0) is 15.0. The van der Waals surface area contributed by atoms with Gasteiger partial charge in [0.2, 0.25) is 0 Å². The number of nitrogens with zero attached hydrogens (tertiary/aromatic N) is 4. The fraction of sp³-hybridized carbons (Fsp3) is 0.533. The monoisotopic (exact) mass is 288 g/mol. The second-order valence-electron chi connectivity index (χ2n) is 5.84. The molecule has 1 aliphatic rings. The second kappa shape index (κ2) is 5.44. The molecule has 1 saturated heterocycles. The molecule has 112 valence electrons. The Morgan fingerprint density at radius 1 is 1.38 bits per heavy atom. The van der Waals surface area contributed by atoms with Crippen LogP contribution in [0.5, 0.6) is 0 Å². The van der Waals surface area contributed by atoms with E-state index in [0.29, 0.717) is 11.7 Å². The number of hydrogen-bond acceptors (Lipinski definition) is 4. The van der Waals surface area contributed by atoms with E-state index in [0.717, 1.165) is 18.8 Å². The van der Waals surface area contributed by atoms with Gasteiger partial charge in [0.25, 0.3) is 0 Å². The summed E-state index contributed by atoms with van der Waals surface area (Å²) in [5.41, 5.74) is 0.924. The molecule has 0 amide bonds. The molecule has 0 aromatic carbocycles. The van der Waals surface area contributed by atoms with E-state index in [1.54, 1.807) is 16.6 Å². The molecule has 2 aromatic heterocycles. The first kappa shape index (κ1) is 14.0. The van der Waals surface area contributed by atoms with Gasteiger partial charge in [-0.05, 0) is 45.4 Å². The highest BCUT2D eigenvalue weighted by atomic mass is 16.4. The van der Waals surface area contributed by atoms with Gasteiger partial charge in [-0.25, -0.2) is 14.3 Å². The minimum atomic E-state index is -0.949. The van der Waals surface area contributed by atoms with Gasteiger partial charge in [-0.1, -0.05) is 6.42 Å². The number of aromatic nitrogens is 3. The van der Waals surface area contributed by atoms with Crippen molar-refractivity contribution in [2.24, 2.45) is 0 Å². The number of pyridine rings is 1. The molecule has 1 atom stereocenters. The van der Waals surface area contributed by atoms with Crippen LogP contribution in [0.1, 0.15) is 55.3 Å². The third-order valence-electron chi connectivity index (χ3n) is 4.10. The Hall–Kier alpha value is -1.95. The van der Waals surface area contributed by atoms with Crippen LogP contribution >= 0.6 is 0 Å². The van der Waals surface area contributed by atoms with Gasteiger partial charge in [0, 0.05) is 12.2 Å². The van der Waals surface area contributed by atoms with Gasteiger partial charge >= 0.3 is 5.97 Å². The summed E-state index contributed by atoms with van der Waals surface area (Å²) in [6.45, 7) is 5.45. The van der Waals surface area contributed by atoms with E-state index in [1.165, 1.54) is 19.0 Å². The second-order valence-corrected chi connectivity index (χ2v) is 5.84. The SMILES string of the molecule is CC(C)N1CCCCC1c1nc2ccc(C(=O)O)cn2n1. The molecule has 1 N–H and O–H groups in total. The first-order chi connectivity index (χ1) is 10.1. The minimum absolute atomic E-state index is 0.225. The average molecular weight is 288 g/mol. The van der Waals surface area contributed by atoms with Crippen LogP contribution in [-0.2, 0) is 0 Å². The van der Waals surface area contributed by atoms with Crippen LogP contribution in [0.3, 0.4) is 0 Å². The molecule has 21 heavy (non-hydrogen) atoms. The van der Waals surface area contributed by atoms with Crippen molar-refractivity contribution in [3.05, 3.63) is 29.7 Å². The van der Waals surface area contributed by atoms with E-state index in [4.69, 9.17) is 5.11 Å². The summed E-state index contributed by atoms with van der Waals surface area (Å²) in [7, 11) is 0. The van der Waals surface area contributed by atoms with Crippen LogP contribution < -0.4 is 0 Å². The lowest BCUT2D eigenvalue weighted by atomic mass is 10.00. The number of likely N-dealkylation sites (tertiary alicyclic amines) is 1. The molecule has 0 saturated carbocycles. The maximum absolute atomic E-state index is 11.0. The number of carboxylic acids is 1. The number of hydrogen-bond donors (Lipinski definition) is 1. The summed E-state index contributed by atoms with van der Waals surface area (Å²) in [6, 6.07) is 3.96. The number of carbonyl (C=O) groups is 1. The summed E-state index contributed by atoms with van der Waals surface area (Å²) in [5.74, 6) is -0.152. The average Bonchev–Trinajstić information content (AvgIpc) is 2.89. The van der Waals surface area contributed by atoms with Crippen molar-refractivity contribution >= 4 is 11.6 Å². The minimum Gasteiger partial charge on any atom is -0.478 e. The molecule has 0 spiro atoms. The highest BCUT2D eigenvalue weighted by Gasteiger charge is 2.29. The molecule has 2 aromatic rings. The van der Waals surface area contributed by atoms with Gasteiger partial charge in [-0.3, -0.25) is 4.90 Å². The van der Waals surface area contributed by atoms with Gasteiger partial charge in [0.15, 0.2) is 11.5 Å². The van der Waals surface area contributed by atoms with Crippen LogP contribution in [0, 0.1) is 0 Å². The van der Waals surface area contributed by atoms with Crippen molar-refractivity contribution in [3.63, 3.8) is 0 Å². The quantitative estimate of drug-likeness (QED) is 0.938. The molecular weight excluding hydrogens is 268 g/mol. The first-order valence-corrected chi connectivity index (χ1v) is 7.41. The van der Waals surface area contributed by atoms with E-state index >= 15 is 0 Å². The maximum atomic E-state index is 11.0. The lowest BCUT2D eigenvalue weighted by molar-refractivity contribution is 0.0696. The Morgan fingerprint density at radius 2 is 2.19 bits per heavy atom. The van der Waals surface area contributed by atoms with Crippen molar-refractivity contribution in [1.29, 1.82) is 0 Å². The Bertz CT molecular complexity index is 665. The number of fused-ring (bicyclic) bond motifs is 1. The molecule has 1 fully saturated rings. The Kier molecular flexibility index (Phi) is 3.63. The van der Waals surface area contributed by atoms with E-state index in [-0.39, 0.29) is 11.6 Å². The van der Waals surface area contributed by atoms with Crippen LogP contribution in [0.25, 0.3) is 5.65 Å². The zero-order valence-electron chi connectivity index (χ0n) is 12.4. The van der Waals surface area contributed by atoms with Gasteiger partial charge in [-0.15, -0.1) is 5.10 Å². The van der Waals surface area contributed by atoms with Gasteiger partial charge < -0.3 is 5.11 Å². The highest BCUT2D eigenvalue weighted by molar-refractivity contribution is 5.87. The summed E-state index contributed by atoms with van der Waals surface area (Å²) in [6.07, 6.45) is 4.98. The summed E-state index contributed by atoms with van der Waals surface area (Å²) in [5, 5.41) is 13.6. The van der Waals surface area contributed by atoms with Crippen molar-refractivity contribution in [3.8, 4) is 0 Å².